The van der Waals surface area contributed by atoms with Gasteiger partial charge in [-0.25, -0.2) is 4.99 Å². The second kappa shape index (κ2) is 8.59. The molecular formula is C20H20ClN3O2S. The van der Waals surface area contributed by atoms with Crippen molar-refractivity contribution in [1.82, 2.24) is 4.90 Å². The van der Waals surface area contributed by atoms with Crippen molar-refractivity contribution in [3.63, 3.8) is 0 Å². The summed E-state index contributed by atoms with van der Waals surface area (Å²) in [5.41, 5.74) is 2.32. The van der Waals surface area contributed by atoms with Gasteiger partial charge in [0.1, 0.15) is 5.25 Å². The average molecular weight is 402 g/mol. The molecule has 1 atom stereocenters. The van der Waals surface area contributed by atoms with Gasteiger partial charge in [0.25, 0.3) is 0 Å². The summed E-state index contributed by atoms with van der Waals surface area (Å²) in [4.78, 5) is 31.4. The lowest BCUT2D eigenvalue weighted by Gasteiger charge is -2.30. The second-order valence-electron chi connectivity index (χ2n) is 6.13. The molecule has 0 spiro atoms. The van der Waals surface area contributed by atoms with E-state index in [1.54, 1.807) is 11.0 Å². The zero-order valence-corrected chi connectivity index (χ0v) is 16.7. The molecule has 0 saturated carbocycles. The maximum Gasteiger partial charge on any atom is 0.238 e. The summed E-state index contributed by atoms with van der Waals surface area (Å²) in [5.74, 6) is -0.314. The second-order valence-corrected chi connectivity index (χ2v) is 7.71. The molecule has 1 saturated heterocycles. The maximum absolute atomic E-state index is 12.6. The lowest BCUT2D eigenvalue weighted by Crippen LogP contribution is -2.45. The van der Waals surface area contributed by atoms with Gasteiger partial charge in [0.05, 0.1) is 5.69 Å². The number of nitrogens with zero attached hydrogens (tertiary/aromatic N) is 2. The summed E-state index contributed by atoms with van der Waals surface area (Å²) in [5, 5.41) is 3.46. The average Bonchev–Trinajstić information content (AvgIpc) is 2.65. The van der Waals surface area contributed by atoms with Gasteiger partial charge in [0.2, 0.25) is 11.8 Å². The van der Waals surface area contributed by atoms with Crippen molar-refractivity contribution in [3.05, 3.63) is 59.1 Å². The molecule has 1 fully saturated rings. The highest BCUT2D eigenvalue weighted by molar-refractivity contribution is 8.15. The number of para-hydroxylation sites is 1. The third kappa shape index (κ3) is 4.70. The molecule has 0 radical (unpaired) electrons. The van der Waals surface area contributed by atoms with Crippen LogP contribution >= 0.6 is 23.4 Å². The van der Waals surface area contributed by atoms with Gasteiger partial charge in [-0.15, -0.1) is 0 Å². The normalized spacial score (nSPS) is 18.6. The van der Waals surface area contributed by atoms with E-state index < -0.39 is 5.25 Å². The number of aliphatic imine (C=N–C) groups is 1. The van der Waals surface area contributed by atoms with Crippen molar-refractivity contribution in [3.8, 4) is 0 Å². The van der Waals surface area contributed by atoms with Crippen molar-refractivity contribution in [2.45, 2.75) is 25.5 Å². The predicted molar refractivity (Wildman–Crippen MR) is 112 cm³/mol. The van der Waals surface area contributed by atoms with Crippen LogP contribution in [0.5, 0.6) is 0 Å². The molecule has 1 aliphatic rings. The molecule has 0 bridgehead atoms. The number of hydrogen-bond acceptors (Lipinski definition) is 4. The number of amides is 2. The van der Waals surface area contributed by atoms with Crippen LogP contribution in [0.2, 0.25) is 5.02 Å². The summed E-state index contributed by atoms with van der Waals surface area (Å²) < 4.78 is 0. The molecule has 2 aromatic rings. The third-order valence-corrected chi connectivity index (χ3v) is 5.76. The van der Waals surface area contributed by atoms with Crippen molar-refractivity contribution in [2.24, 2.45) is 4.99 Å². The van der Waals surface area contributed by atoms with Crippen LogP contribution in [0.3, 0.4) is 0 Å². The Balaban J connectivity index is 1.83. The van der Waals surface area contributed by atoms with Gasteiger partial charge in [0.15, 0.2) is 5.17 Å². The third-order valence-electron chi connectivity index (χ3n) is 4.17. The standard InChI is InChI=1S/C20H20ClN3O2S/c1-3-24-18(25)12-17(19(26)22-14-7-5-4-6-8-14)27-20(24)23-15-10-9-13(2)16(21)11-15/h4-11,17H,3,12H2,1-2H3,(H,22,26). The van der Waals surface area contributed by atoms with Gasteiger partial charge < -0.3 is 5.32 Å². The van der Waals surface area contributed by atoms with Gasteiger partial charge >= 0.3 is 0 Å². The quantitative estimate of drug-likeness (QED) is 0.812. The van der Waals surface area contributed by atoms with Gasteiger partial charge in [-0.1, -0.05) is 47.6 Å². The van der Waals surface area contributed by atoms with E-state index in [1.165, 1.54) is 11.8 Å². The summed E-state index contributed by atoms with van der Waals surface area (Å²) in [6.45, 7) is 4.30. The number of amidine groups is 1. The predicted octanol–water partition coefficient (Wildman–Crippen LogP) is 4.63. The number of anilines is 1. The van der Waals surface area contributed by atoms with Crippen LogP contribution < -0.4 is 5.32 Å². The first-order chi connectivity index (χ1) is 13.0. The van der Waals surface area contributed by atoms with Crippen LogP contribution in [0.1, 0.15) is 18.9 Å². The Labute approximate surface area is 167 Å². The van der Waals surface area contributed by atoms with Crippen molar-refractivity contribution in [2.75, 3.05) is 11.9 Å². The number of benzene rings is 2. The Morgan fingerprint density at radius 3 is 2.70 bits per heavy atom. The minimum Gasteiger partial charge on any atom is -0.325 e. The minimum atomic E-state index is -0.528. The first kappa shape index (κ1) is 19.5. The largest absolute Gasteiger partial charge is 0.325 e. The van der Waals surface area contributed by atoms with Crippen LogP contribution in [-0.2, 0) is 9.59 Å². The van der Waals surface area contributed by atoms with E-state index in [2.05, 4.69) is 10.3 Å². The van der Waals surface area contributed by atoms with E-state index >= 15 is 0 Å². The minimum absolute atomic E-state index is 0.110. The molecule has 1 unspecified atom stereocenters. The van der Waals surface area contributed by atoms with Crippen LogP contribution in [0.15, 0.2) is 53.5 Å². The van der Waals surface area contributed by atoms with Crippen LogP contribution in [0, 0.1) is 6.92 Å². The molecule has 2 aromatic carbocycles. The number of carbonyl (C=O) groups is 2. The van der Waals surface area contributed by atoms with Gasteiger partial charge in [-0.05, 0) is 43.7 Å². The number of rotatable bonds is 4. The molecule has 1 N–H and O–H groups in total. The van der Waals surface area contributed by atoms with E-state index in [-0.39, 0.29) is 18.2 Å². The number of carbonyl (C=O) groups excluding carboxylic acids is 2. The number of aryl methyl sites for hydroxylation is 1. The Hall–Kier alpha value is -2.31. The van der Waals surface area contributed by atoms with E-state index in [4.69, 9.17) is 11.6 Å². The van der Waals surface area contributed by atoms with E-state index in [0.717, 1.165) is 5.56 Å². The van der Waals surface area contributed by atoms with Gasteiger partial charge in [0, 0.05) is 23.7 Å². The summed E-state index contributed by atoms with van der Waals surface area (Å²) in [6, 6.07) is 14.7. The molecule has 3 rings (SSSR count). The zero-order valence-electron chi connectivity index (χ0n) is 15.1. The summed E-state index contributed by atoms with van der Waals surface area (Å²) >= 11 is 7.48. The monoisotopic (exact) mass is 401 g/mol. The molecule has 5 nitrogen and oxygen atoms in total. The molecular weight excluding hydrogens is 382 g/mol. The summed E-state index contributed by atoms with van der Waals surface area (Å²) in [6.07, 6.45) is 0.144. The molecule has 27 heavy (non-hydrogen) atoms. The first-order valence-corrected chi connectivity index (χ1v) is 9.91. The molecule has 1 aliphatic heterocycles. The number of hydrogen-bond donors (Lipinski definition) is 1. The number of nitrogens with one attached hydrogen (secondary N) is 1. The van der Waals surface area contributed by atoms with E-state index in [9.17, 15) is 9.59 Å². The van der Waals surface area contributed by atoms with Gasteiger partial charge in [-0.3, -0.25) is 14.5 Å². The highest BCUT2D eigenvalue weighted by atomic mass is 35.5. The fourth-order valence-corrected chi connectivity index (χ4v) is 4.00. The summed E-state index contributed by atoms with van der Waals surface area (Å²) in [7, 11) is 0. The molecule has 140 valence electrons. The van der Waals surface area contributed by atoms with E-state index in [1.807, 2.05) is 56.3 Å². The van der Waals surface area contributed by atoms with Crippen molar-refractivity contribution < 1.29 is 9.59 Å². The molecule has 0 aromatic heterocycles. The Kier molecular flexibility index (Phi) is 6.19. The van der Waals surface area contributed by atoms with Crippen LogP contribution in [-0.4, -0.2) is 33.7 Å². The van der Waals surface area contributed by atoms with Crippen molar-refractivity contribution in [1.29, 1.82) is 0 Å². The SMILES string of the molecule is CCN1C(=O)CC(C(=O)Nc2ccccc2)SC1=Nc1ccc(C)c(Cl)c1. The fourth-order valence-electron chi connectivity index (χ4n) is 2.66. The number of halogens is 1. The Morgan fingerprint density at radius 2 is 2.04 bits per heavy atom. The highest BCUT2D eigenvalue weighted by Crippen LogP contribution is 2.31. The molecule has 2 amide bonds. The van der Waals surface area contributed by atoms with Gasteiger partial charge in [-0.2, -0.15) is 0 Å². The highest BCUT2D eigenvalue weighted by Gasteiger charge is 2.35. The smallest absolute Gasteiger partial charge is 0.238 e. The molecule has 0 aliphatic carbocycles. The lowest BCUT2D eigenvalue weighted by atomic mass is 10.2. The van der Waals surface area contributed by atoms with E-state index in [0.29, 0.717) is 28.1 Å². The topological polar surface area (TPSA) is 61.8 Å². The van der Waals surface area contributed by atoms with Crippen molar-refractivity contribution >= 4 is 51.7 Å². The fraction of sp³-hybridized carbons (Fsp3) is 0.250. The molecule has 7 heteroatoms. The molecule has 1 heterocycles. The lowest BCUT2D eigenvalue weighted by molar-refractivity contribution is -0.129. The first-order valence-electron chi connectivity index (χ1n) is 8.65. The van der Waals surface area contributed by atoms with Crippen LogP contribution in [0.25, 0.3) is 0 Å². The zero-order chi connectivity index (χ0) is 19.4. The number of thioether (sulfide) groups is 1. The Morgan fingerprint density at radius 1 is 1.30 bits per heavy atom. The Bertz CT molecular complexity index is 886. The van der Waals surface area contributed by atoms with Crippen LogP contribution in [0.4, 0.5) is 11.4 Å². The maximum atomic E-state index is 12.6.